The number of para-hydroxylation sites is 1. The van der Waals surface area contributed by atoms with Crippen LogP contribution in [0, 0.1) is 0 Å². The molecule has 7 nitrogen and oxygen atoms in total. The van der Waals surface area contributed by atoms with Crippen molar-refractivity contribution in [3.8, 4) is 11.6 Å². The van der Waals surface area contributed by atoms with E-state index in [4.69, 9.17) is 14.2 Å². The summed E-state index contributed by atoms with van der Waals surface area (Å²) in [5.41, 5.74) is 2.09. The maximum Gasteiger partial charge on any atom is 0.260 e. The van der Waals surface area contributed by atoms with Crippen LogP contribution in [-0.2, 0) is 28.8 Å². The highest BCUT2D eigenvalue weighted by Gasteiger charge is 2.27. The summed E-state index contributed by atoms with van der Waals surface area (Å²) in [7, 11) is 0. The van der Waals surface area contributed by atoms with Gasteiger partial charge in [-0.1, -0.05) is 25.1 Å². The first-order valence-corrected chi connectivity index (χ1v) is 10.8. The number of amides is 1. The minimum atomic E-state index is -0.0766. The quantitative estimate of drug-likeness (QED) is 0.728. The summed E-state index contributed by atoms with van der Waals surface area (Å²) in [5.74, 6) is 2.15. The number of benzene rings is 1. The number of piperidine rings is 1. The number of likely N-dealkylation sites (tertiary alicyclic amines) is 1. The lowest BCUT2D eigenvalue weighted by Gasteiger charge is -2.33. The molecule has 4 rings (SSSR count). The van der Waals surface area contributed by atoms with Crippen LogP contribution < -0.4 is 9.47 Å². The smallest absolute Gasteiger partial charge is 0.260 e. The molecule has 0 bridgehead atoms. The fourth-order valence-corrected chi connectivity index (χ4v) is 3.89. The first kappa shape index (κ1) is 20.6. The number of hydrogen-bond donors (Lipinski definition) is 0. The standard InChI is InChI=1S/C23H29N3O4/c1-2-21-24-20-11-14-28-13-10-19(20)23(25-21)30-18-9-6-12-26(15-18)22(27)16-29-17-7-4-3-5-8-17/h3-5,7-8,18H,2,6,9-16H2,1H3. The van der Waals surface area contributed by atoms with Gasteiger partial charge in [0.05, 0.1) is 25.5 Å². The van der Waals surface area contributed by atoms with Crippen LogP contribution in [0.15, 0.2) is 30.3 Å². The number of rotatable bonds is 6. The molecule has 0 radical (unpaired) electrons. The Balaban J connectivity index is 1.41. The third kappa shape index (κ3) is 5.08. The summed E-state index contributed by atoms with van der Waals surface area (Å²) in [5, 5.41) is 0. The monoisotopic (exact) mass is 411 g/mol. The van der Waals surface area contributed by atoms with Gasteiger partial charge in [0.25, 0.3) is 5.91 Å². The number of nitrogens with zero attached hydrogens (tertiary/aromatic N) is 3. The number of aryl methyl sites for hydroxylation is 1. The summed E-state index contributed by atoms with van der Waals surface area (Å²) < 4.78 is 17.6. The van der Waals surface area contributed by atoms with Crippen molar-refractivity contribution in [3.05, 3.63) is 47.4 Å². The molecule has 2 aliphatic heterocycles. The Morgan fingerprint density at radius 3 is 2.87 bits per heavy atom. The zero-order valence-corrected chi connectivity index (χ0v) is 17.5. The molecule has 1 saturated heterocycles. The van der Waals surface area contributed by atoms with E-state index in [9.17, 15) is 4.79 Å². The predicted molar refractivity (Wildman–Crippen MR) is 112 cm³/mol. The summed E-state index contributed by atoms with van der Waals surface area (Å²) in [6.45, 7) is 4.70. The number of carbonyl (C=O) groups is 1. The molecule has 0 N–H and O–H groups in total. The molecule has 1 fully saturated rings. The van der Waals surface area contributed by atoms with Gasteiger partial charge in [0.15, 0.2) is 6.61 Å². The first-order chi connectivity index (χ1) is 14.7. The highest BCUT2D eigenvalue weighted by atomic mass is 16.5. The molecule has 2 aliphatic rings. The predicted octanol–water partition coefficient (Wildman–Crippen LogP) is 2.60. The fraction of sp³-hybridized carbons (Fsp3) is 0.522. The summed E-state index contributed by atoms with van der Waals surface area (Å²) >= 11 is 0. The third-order valence-corrected chi connectivity index (χ3v) is 5.51. The number of ether oxygens (including phenoxy) is 3. The zero-order chi connectivity index (χ0) is 20.8. The van der Waals surface area contributed by atoms with Gasteiger partial charge in [-0.15, -0.1) is 0 Å². The first-order valence-electron chi connectivity index (χ1n) is 10.8. The Morgan fingerprint density at radius 1 is 1.20 bits per heavy atom. The lowest BCUT2D eigenvalue weighted by molar-refractivity contribution is -0.136. The van der Waals surface area contributed by atoms with Gasteiger partial charge in [-0.2, -0.15) is 4.98 Å². The molecular weight excluding hydrogens is 382 g/mol. The van der Waals surface area contributed by atoms with Crippen LogP contribution in [0.3, 0.4) is 0 Å². The van der Waals surface area contributed by atoms with Crippen molar-refractivity contribution >= 4 is 5.91 Å². The van der Waals surface area contributed by atoms with Crippen molar-refractivity contribution < 1.29 is 19.0 Å². The second-order valence-corrected chi connectivity index (χ2v) is 7.66. The van der Waals surface area contributed by atoms with Crippen molar-refractivity contribution in [2.24, 2.45) is 0 Å². The van der Waals surface area contributed by atoms with Crippen LogP contribution in [-0.4, -0.2) is 59.8 Å². The molecule has 7 heteroatoms. The normalized spacial score (nSPS) is 19.0. The van der Waals surface area contributed by atoms with Crippen molar-refractivity contribution in [3.63, 3.8) is 0 Å². The molecule has 30 heavy (non-hydrogen) atoms. The summed E-state index contributed by atoms with van der Waals surface area (Å²) in [6.07, 6.45) is 4.03. The third-order valence-electron chi connectivity index (χ3n) is 5.51. The molecule has 1 aromatic carbocycles. The van der Waals surface area contributed by atoms with Gasteiger partial charge in [0.1, 0.15) is 17.7 Å². The molecule has 160 valence electrons. The molecule has 2 aromatic rings. The van der Waals surface area contributed by atoms with E-state index in [1.54, 1.807) is 0 Å². The molecule has 0 aliphatic carbocycles. The average Bonchev–Trinajstić information content (AvgIpc) is 3.04. The Labute approximate surface area is 177 Å². The summed E-state index contributed by atoms with van der Waals surface area (Å²) in [4.78, 5) is 23.8. The van der Waals surface area contributed by atoms with Crippen molar-refractivity contribution in [2.75, 3.05) is 32.9 Å². The van der Waals surface area contributed by atoms with Crippen molar-refractivity contribution in [2.45, 2.75) is 45.1 Å². The van der Waals surface area contributed by atoms with E-state index in [0.29, 0.717) is 31.4 Å². The topological polar surface area (TPSA) is 73.8 Å². The van der Waals surface area contributed by atoms with Gasteiger partial charge in [0.2, 0.25) is 5.88 Å². The second kappa shape index (κ2) is 9.89. The van der Waals surface area contributed by atoms with Gasteiger partial charge >= 0.3 is 0 Å². The molecule has 1 atom stereocenters. The average molecular weight is 412 g/mol. The lowest BCUT2D eigenvalue weighted by Crippen LogP contribution is -2.46. The Hall–Kier alpha value is -2.67. The Kier molecular flexibility index (Phi) is 6.79. The zero-order valence-electron chi connectivity index (χ0n) is 17.5. The SMILES string of the molecule is CCc1nc2c(c(OC3CCCN(C(=O)COc4ccccc4)C3)n1)CCOCC2. The lowest BCUT2D eigenvalue weighted by atomic mass is 10.1. The van der Waals surface area contributed by atoms with Crippen LogP contribution in [0.1, 0.15) is 36.8 Å². The van der Waals surface area contributed by atoms with Crippen LogP contribution in [0.4, 0.5) is 0 Å². The van der Waals surface area contributed by atoms with Crippen LogP contribution in [0.2, 0.25) is 0 Å². The molecular formula is C23H29N3O4. The maximum absolute atomic E-state index is 12.7. The van der Waals surface area contributed by atoms with E-state index in [0.717, 1.165) is 55.7 Å². The minimum Gasteiger partial charge on any atom is -0.484 e. The molecule has 0 saturated carbocycles. The van der Waals surface area contributed by atoms with E-state index in [2.05, 4.69) is 9.97 Å². The highest BCUT2D eigenvalue weighted by molar-refractivity contribution is 5.77. The van der Waals surface area contributed by atoms with E-state index < -0.39 is 0 Å². The van der Waals surface area contributed by atoms with Gasteiger partial charge < -0.3 is 19.1 Å². The van der Waals surface area contributed by atoms with E-state index in [-0.39, 0.29) is 18.6 Å². The van der Waals surface area contributed by atoms with Crippen LogP contribution in [0.25, 0.3) is 0 Å². The van der Waals surface area contributed by atoms with Crippen LogP contribution >= 0.6 is 0 Å². The van der Waals surface area contributed by atoms with Gasteiger partial charge in [-0.25, -0.2) is 4.98 Å². The van der Waals surface area contributed by atoms with Crippen molar-refractivity contribution in [1.82, 2.24) is 14.9 Å². The maximum atomic E-state index is 12.7. The molecule has 1 aromatic heterocycles. The van der Waals surface area contributed by atoms with E-state index in [1.807, 2.05) is 42.2 Å². The second-order valence-electron chi connectivity index (χ2n) is 7.66. The summed E-state index contributed by atoms with van der Waals surface area (Å²) in [6, 6.07) is 9.41. The molecule has 1 amide bonds. The minimum absolute atomic E-state index is 0.0173. The number of aromatic nitrogens is 2. The van der Waals surface area contributed by atoms with Gasteiger partial charge in [0, 0.05) is 31.4 Å². The van der Waals surface area contributed by atoms with Crippen LogP contribution in [0.5, 0.6) is 11.6 Å². The Morgan fingerprint density at radius 2 is 2.03 bits per heavy atom. The Bertz CT molecular complexity index is 859. The number of hydrogen-bond acceptors (Lipinski definition) is 6. The van der Waals surface area contributed by atoms with Crippen molar-refractivity contribution in [1.29, 1.82) is 0 Å². The largest absolute Gasteiger partial charge is 0.484 e. The van der Waals surface area contributed by atoms with E-state index >= 15 is 0 Å². The van der Waals surface area contributed by atoms with Gasteiger partial charge in [-0.05, 0) is 25.0 Å². The molecule has 1 unspecified atom stereocenters. The molecule has 0 spiro atoms. The highest BCUT2D eigenvalue weighted by Crippen LogP contribution is 2.26. The number of fused-ring (bicyclic) bond motifs is 1. The molecule has 3 heterocycles. The van der Waals surface area contributed by atoms with Gasteiger partial charge in [-0.3, -0.25) is 4.79 Å². The fourth-order valence-electron chi connectivity index (χ4n) is 3.89. The van der Waals surface area contributed by atoms with E-state index in [1.165, 1.54) is 0 Å². The number of carbonyl (C=O) groups excluding carboxylic acids is 1.